The van der Waals surface area contributed by atoms with Gasteiger partial charge >= 0.3 is 6.18 Å². The predicted octanol–water partition coefficient (Wildman–Crippen LogP) is 2.21. The lowest BCUT2D eigenvalue weighted by atomic mass is 10.1. The van der Waals surface area contributed by atoms with Crippen LogP contribution in [0.15, 0.2) is 0 Å². The number of hydrogen-bond donors (Lipinski definition) is 0. The second kappa shape index (κ2) is 6.21. The normalized spacial score (nSPS) is 27.8. The summed E-state index contributed by atoms with van der Waals surface area (Å²) < 4.78 is 47.8. The third kappa shape index (κ3) is 4.74. The Morgan fingerprint density at radius 3 is 2.44 bits per heavy atom. The fourth-order valence-corrected chi connectivity index (χ4v) is 2.51. The van der Waals surface area contributed by atoms with Crippen molar-refractivity contribution < 1.29 is 22.6 Å². The summed E-state index contributed by atoms with van der Waals surface area (Å²) in [5.41, 5.74) is 0. The fourth-order valence-electron chi connectivity index (χ4n) is 2.51. The minimum atomic E-state index is -4.09. The van der Waals surface area contributed by atoms with Crippen LogP contribution in [0.25, 0.3) is 0 Å². The molecular formula is C12H20F3NO2. The van der Waals surface area contributed by atoms with E-state index in [1.165, 1.54) is 4.90 Å². The maximum Gasteiger partial charge on any atom is 0.401 e. The highest BCUT2D eigenvalue weighted by atomic mass is 19.4. The first-order chi connectivity index (χ1) is 8.53. The van der Waals surface area contributed by atoms with Crippen molar-refractivity contribution in [3.63, 3.8) is 0 Å². The van der Waals surface area contributed by atoms with Crippen molar-refractivity contribution in [3.8, 4) is 0 Å². The monoisotopic (exact) mass is 267 g/mol. The van der Waals surface area contributed by atoms with Gasteiger partial charge in [0.2, 0.25) is 0 Å². The zero-order valence-electron chi connectivity index (χ0n) is 10.4. The highest BCUT2D eigenvalue weighted by Crippen LogP contribution is 2.21. The molecule has 0 aromatic rings. The van der Waals surface area contributed by atoms with Gasteiger partial charge in [0, 0.05) is 19.7 Å². The van der Waals surface area contributed by atoms with Gasteiger partial charge in [-0.15, -0.1) is 0 Å². The highest BCUT2D eigenvalue weighted by Gasteiger charge is 2.32. The molecule has 0 aromatic carbocycles. The molecule has 2 saturated heterocycles. The van der Waals surface area contributed by atoms with Gasteiger partial charge in [-0.2, -0.15) is 13.2 Å². The molecule has 0 bridgehead atoms. The van der Waals surface area contributed by atoms with Gasteiger partial charge in [-0.1, -0.05) is 0 Å². The molecule has 1 atom stereocenters. The summed E-state index contributed by atoms with van der Waals surface area (Å²) in [6.07, 6.45) is -0.320. The zero-order valence-corrected chi connectivity index (χ0v) is 10.4. The van der Waals surface area contributed by atoms with Crippen LogP contribution >= 0.6 is 0 Å². The summed E-state index contributed by atoms with van der Waals surface area (Å²) in [7, 11) is 0. The molecule has 3 nitrogen and oxygen atoms in total. The van der Waals surface area contributed by atoms with Gasteiger partial charge in [0.25, 0.3) is 0 Å². The number of ether oxygens (including phenoxy) is 2. The lowest BCUT2D eigenvalue weighted by Gasteiger charge is -2.32. The quantitative estimate of drug-likeness (QED) is 0.779. The number of piperidine rings is 1. The van der Waals surface area contributed by atoms with E-state index < -0.39 is 12.7 Å². The Kier molecular flexibility index (Phi) is 4.86. The molecule has 0 amide bonds. The summed E-state index contributed by atoms with van der Waals surface area (Å²) in [5.74, 6) is 0. The van der Waals surface area contributed by atoms with Crippen LogP contribution in [0.2, 0.25) is 0 Å². The Bertz CT molecular complexity index is 246. The van der Waals surface area contributed by atoms with Crippen molar-refractivity contribution in [1.82, 2.24) is 4.90 Å². The summed E-state index contributed by atoms with van der Waals surface area (Å²) in [6.45, 7) is 1.53. The van der Waals surface area contributed by atoms with Crippen molar-refractivity contribution in [2.75, 3.05) is 32.8 Å². The third-order valence-corrected chi connectivity index (χ3v) is 3.48. The van der Waals surface area contributed by atoms with Gasteiger partial charge in [0.05, 0.1) is 25.4 Å². The van der Waals surface area contributed by atoms with Gasteiger partial charge in [-0.25, -0.2) is 0 Å². The summed E-state index contributed by atoms with van der Waals surface area (Å²) in [5, 5.41) is 0. The van der Waals surface area contributed by atoms with E-state index in [1.54, 1.807) is 0 Å². The van der Waals surface area contributed by atoms with Crippen LogP contribution in [0.1, 0.15) is 25.7 Å². The van der Waals surface area contributed by atoms with Crippen molar-refractivity contribution in [1.29, 1.82) is 0 Å². The number of rotatable bonds is 4. The van der Waals surface area contributed by atoms with E-state index in [4.69, 9.17) is 9.47 Å². The maximum absolute atomic E-state index is 12.2. The topological polar surface area (TPSA) is 21.7 Å². The van der Waals surface area contributed by atoms with Gasteiger partial charge < -0.3 is 9.47 Å². The van der Waals surface area contributed by atoms with Crippen LogP contribution in [0, 0.1) is 0 Å². The standard InChI is InChI=1S/C12H20F3NO2/c13-12(14,15)9-16-5-3-10(4-6-16)18-8-11-2-1-7-17-11/h10-11H,1-9H2. The van der Waals surface area contributed by atoms with E-state index in [0.29, 0.717) is 32.5 Å². The molecule has 2 heterocycles. The maximum atomic E-state index is 12.2. The van der Waals surface area contributed by atoms with E-state index >= 15 is 0 Å². The third-order valence-electron chi connectivity index (χ3n) is 3.48. The number of hydrogen-bond acceptors (Lipinski definition) is 3. The van der Waals surface area contributed by atoms with Crippen molar-refractivity contribution in [2.24, 2.45) is 0 Å². The molecule has 0 radical (unpaired) electrons. The van der Waals surface area contributed by atoms with Gasteiger partial charge in [0.15, 0.2) is 0 Å². The second-order valence-corrected chi connectivity index (χ2v) is 5.06. The first kappa shape index (κ1) is 14.1. The number of likely N-dealkylation sites (tertiary alicyclic amines) is 1. The molecule has 2 rings (SSSR count). The molecule has 106 valence electrons. The molecular weight excluding hydrogens is 247 g/mol. The largest absolute Gasteiger partial charge is 0.401 e. The Balaban J connectivity index is 1.61. The molecule has 2 aliphatic rings. The van der Waals surface area contributed by atoms with Crippen LogP contribution in [-0.2, 0) is 9.47 Å². The van der Waals surface area contributed by atoms with Crippen LogP contribution in [0.4, 0.5) is 13.2 Å². The molecule has 1 unspecified atom stereocenters. The van der Waals surface area contributed by atoms with Crippen LogP contribution in [0.5, 0.6) is 0 Å². The number of nitrogens with zero attached hydrogens (tertiary/aromatic N) is 1. The molecule has 2 aliphatic heterocycles. The smallest absolute Gasteiger partial charge is 0.376 e. The molecule has 2 fully saturated rings. The summed E-state index contributed by atoms with van der Waals surface area (Å²) in [4.78, 5) is 1.45. The van der Waals surface area contributed by atoms with Crippen LogP contribution in [0.3, 0.4) is 0 Å². The molecule has 0 aromatic heterocycles. The van der Waals surface area contributed by atoms with Crippen LogP contribution in [-0.4, -0.2) is 56.1 Å². The second-order valence-electron chi connectivity index (χ2n) is 5.06. The van der Waals surface area contributed by atoms with Crippen molar-refractivity contribution >= 4 is 0 Å². The molecule has 0 saturated carbocycles. The van der Waals surface area contributed by atoms with E-state index in [-0.39, 0.29) is 12.2 Å². The van der Waals surface area contributed by atoms with Gasteiger partial charge in [0.1, 0.15) is 0 Å². The Morgan fingerprint density at radius 2 is 1.89 bits per heavy atom. The minimum Gasteiger partial charge on any atom is -0.376 e. The van der Waals surface area contributed by atoms with Crippen LogP contribution < -0.4 is 0 Å². The SMILES string of the molecule is FC(F)(F)CN1CCC(OCC2CCCO2)CC1. The average molecular weight is 267 g/mol. The molecule has 0 spiro atoms. The minimum absolute atomic E-state index is 0.0960. The van der Waals surface area contributed by atoms with E-state index in [1.807, 2.05) is 0 Å². The summed E-state index contributed by atoms with van der Waals surface area (Å²) in [6, 6.07) is 0. The van der Waals surface area contributed by atoms with E-state index in [0.717, 1.165) is 19.4 Å². The van der Waals surface area contributed by atoms with Gasteiger partial charge in [-0.3, -0.25) is 4.90 Å². The van der Waals surface area contributed by atoms with E-state index in [9.17, 15) is 13.2 Å². The molecule has 0 aliphatic carbocycles. The Morgan fingerprint density at radius 1 is 1.17 bits per heavy atom. The molecule has 6 heteroatoms. The Hall–Kier alpha value is -0.330. The average Bonchev–Trinajstić information content (AvgIpc) is 2.79. The highest BCUT2D eigenvalue weighted by molar-refractivity contribution is 4.75. The van der Waals surface area contributed by atoms with E-state index in [2.05, 4.69) is 0 Å². The lowest BCUT2D eigenvalue weighted by Crippen LogP contribution is -2.42. The van der Waals surface area contributed by atoms with Crippen molar-refractivity contribution in [3.05, 3.63) is 0 Å². The lowest BCUT2D eigenvalue weighted by molar-refractivity contribution is -0.151. The summed E-state index contributed by atoms with van der Waals surface area (Å²) >= 11 is 0. The molecule has 0 N–H and O–H groups in total. The predicted molar refractivity (Wildman–Crippen MR) is 60.4 cm³/mol. The van der Waals surface area contributed by atoms with Crippen molar-refractivity contribution in [2.45, 2.75) is 44.1 Å². The molecule has 18 heavy (non-hydrogen) atoms. The number of alkyl halides is 3. The van der Waals surface area contributed by atoms with Gasteiger partial charge in [-0.05, 0) is 25.7 Å². The first-order valence-electron chi connectivity index (χ1n) is 6.55. The zero-order chi connectivity index (χ0) is 13.0. The fraction of sp³-hybridized carbons (Fsp3) is 1.00. The number of halogens is 3. The first-order valence-corrected chi connectivity index (χ1v) is 6.55. The Labute approximate surface area is 105 Å².